The molecule has 2 aromatic carbocycles. The molecule has 2 atom stereocenters. The van der Waals surface area contributed by atoms with E-state index in [1.165, 1.54) is 7.11 Å². The van der Waals surface area contributed by atoms with Gasteiger partial charge in [0, 0.05) is 13.1 Å². The van der Waals surface area contributed by atoms with Gasteiger partial charge in [0.05, 0.1) is 42.6 Å². The molecule has 2 unspecified atom stereocenters. The second kappa shape index (κ2) is 15.2. The molecule has 45 heavy (non-hydrogen) atoms. The second-order valence-corrected chi connectivity index (χ2v) is 11.4. The Hall–Kier alpha value is -4.93. The van der Waals surface area contributed by atoms with Crippen LogP contribution in [0.1, 0.15) is 58.2 Å². The summed E-state index contributed by atoms with van der Waals surface area (Å²) >= 11 is 0. The van der Waals surface area contributed by atoms with Gasteiger partial charge in [0.25, 0.3) is 0 Å². The normalized spacial score (nSPS) is 12.5. The van der Waals surface area contributed by atoms with Gasteiger partial charge in [0.1, 0.15) is 17.7 Å². The Labute approximate surface area is 264 Å². The topological polar surface area (TPSA) is 136 Å². The maximum Gasteiger partial charge on any atom is 0.407 e. The number of aromatic nitrogens is 4. The zero-order valence-corrected chi connectivity index (χ0v) is 26.7. The van der Waals surface area contributed by atoms with Gasteiger partial charge in [0.15, 0.2) is 0 Å². The number of aromatic amines is 2. The lowest BCUT2D eigenvalue weighted by atomic mass is 10.0. The number of carbonyl (C=O) groups excluding carboxylic acids is 3. The molecular weight excluding hydrogens is 570 g/mol. The first kappa shape index (κ1) is 33.0. The number of alkyl carbamates (subject to hydrolysis) is 1. The van der Waals surface area contributed by atoms with Crippen molar-refractivity contribution >= 4 is 29.4 Å². The molecule has 2 heterocycles. The van der Waals surface area contributed by atoms with Crippen molar-refractivity contribution in [1.82, 2.24) is 35.1 Å². The lowest BCUT2D eigenvalue weighted by molar-refractivity contribution is -0.136. The Morgan fingerprint density at radius 1 is 1.04 bits per heavy atom. The second-order valence-electron chi connectivity index (χ2n) is 11.4. The van der Waals surface area contributed by atoms with Gasteiger partial charge in [0.2, 0.25) is 12.3 Å². The molecule has 4 aromatic rings. The van der Waals surface area contributed by atoms with E-state index in [0.29, 0.717) is 25.5 Å². The number of fused-ring (bicyclic) bond motifs is 1. The van der Waals surface area contributed by atoms with Gasteiger partial charge >= 0.3 is 6.09 Å². The average molecular weight is 614 g/mol. The molecule has 0 saturated heterocycles. The van der Waals surface area contributed by atoms with E-state index in [1.54, 1.807) is 22.1 Å². The molecule has 11 nitrogen and oxygen atoms in total. The fraction of sp³-hybridized carbons (Fsp3) is 0.382. The maximum absolute atomic E-state index is 13.6. The smallest absolute Gasteiger partial charge is 0.407 e. The molecule has 0 bridgehead atoms. The van der Waals surface area contributed by atoms with Crippen LogP contribution in [-0.4, -0.2) is 74.4 Å². The van der Waals surface area contributed by atoms with Crippen LogP contribution >= 0.6 is 0 Å². The van der Waals surface area contributed by atoms with Crippen molar-refractivity contribution < 1.29 is 19.1 Å². The van der Waals surface area contributed by atoms with Gasteiger partial charge in [-0.25, -0.2) is 14.8 Å². The Morgan fingerprint density at radius 2 is 1.76 bits per heavy atom. The first-order valence-electron chi connectivity index (χ1n) is 15.3. The summed E-state index contributed by atoms with van der Waals surface area (Å²) in [4.78, 5) is 56.3. The summed E-state index contributed by atoms with van der Waals surface area (Å²) in [5.74, 6) is 1.10. The summed E-state index contributed by atoms with van der Waals surface area (Å²) in [5, 5.41) is 2.68. The highest BCUT2D eigenvalue weighted by Crippen LogP contribution is 2.28. The summed E-state index contributed by atoms with van der Waals surface area (Å²) in [7, 11) is 1.28. The van der Waals surface area contributed by atoms with Gasteiger partial charge in [-0.05, 0) is 54.5 Å². The van der Waals surface area contributed by atoms with Crippen LogP contribution in [0.3, 0.4) is 0 Å². The third kappa shape index (κ3) is 7.97. The van der Waals surface area contributed by atoms with Crippen molar-refractivity contribution in [2.75, 3.05) is 20.2 Å². The van der Waals surface area contributed by atoms with E-state index in [9.17, 15) is 14.4 Å². The highest BCUT2D eigenvalue weighted by atomic mass is 16.5. The molecule has 0 spiro atoms. The Bertz CT molecular complexity index is 1610. The number of ether oxygens (including phenoxy) is 1. The van der Waals surface area contributed by atoms with E-state index in [1.807, 2.05) is 52.0 Å². The molecule has 11 heteroatoms. The first-order chi connectivity index (χ1) is 21.7. The summed E-state index contributed by atoms with van der Waals surface area (Å²) in [6.45, 7) is 13.0. The van der Waals surface area contributed by atoms with E-state index in [4.69, 9.17) is 4.74 Å². The average Bonchev–Trinajstić information content (AvgIpc) is 3.70. The predicted molar refractivity (Wildman–Crippen MR) is 175 cm³/mol. The Balaban J connectivity index is 1.49. The number of hydrogen-bond donors (Lipinski definition) is 3. The number of imidazole rings is 2. The molecule has 0 aliphatic heterocycles. The lowest BCUT2D eigenvalue weighted by Gasteiger charge is -2.33. The number of amides is 3. The minimum atomic E-state index is -0.714. The van der Waals surface area contributed by atoms with E-state index >= 15 is 0 Å². The van der Waals surface area contributed by atoms with Crippen LogP contribution in [0, 0.1) is 5.92 Å². The van der Waals surface area contributed by atoms with Crippen LogP contribution in [0.15, 0.2) is 61.3 Å². The molecule has 0 saturated carbocycles. The number of carbonyl (C=O) groups is 3. The number of hydrogen-bond acceptors (Lipinski definition) is 6. The fourth-order valence-electron chi connectivity index (χ4n) is 5.23. The highest BCUT2D eigenvalue weighted by molar-refractivity contribution is 5.86. The van der Waals surface area contributed by atoms with Crippen molar-refractivity contribution in [2.24, 2.45) is 5.92 Å². The first-order valence-corrected chi connectivity index (χ1v) is 15.3. The number of benzene rings is 2. The minimum absolute atomic E-state index is 0.120. The Morgan fingerprint density at radius 3 is 2.40 bits per heavy atom. The van der Waals surface area contributed by atoms with Crippen molar-refractivity contribution in [2.45, 2.75) is 59.2 Å². The quantitative estimate of drug-likeness (QED) is 0.114. The number of rotatable bonds is 15. The number of methoxy groups -OCH3 is 1. The molecule has 0 aliphatic carbocycles. The van der Waals surface area contributed by atoms with Crippen molar-refractivity contribution in [3.8, 4) is 22.4 Å². The van der Waals surface area contributed by atoms with Crippen LogP contribution in [0.2, 0.25) is 0 Å². The largest absolute Gasteiger partial charge is 0.453 e. The van der Waals surface area contributed by atoms with Crippen LogP contribution in [0.25, 0.3) is 33.4 Å². The van der Waals surface area contributed by atoms with Crippen LogP contribution < -0.4 is 5.32 Å². The summed E-state index contributed by atoms with van der Waals surface area (Å²) in [6, 6.07) is 13.2. The third-order valence-electron chi connectivity index (χ3n) is 7.78. The molecule has 4 rings (SSSR count). The molecule has 0 radical (unpaired) electrons. The molecular formula is C34H43N7O4. The predicted octanol–water partition coefficient (Wildman–Crippen LogP) is 5.83. The molecule has 238 valence electrons. The molecule has 0 fully saturated rings. The standard InChI is InChI=1S/C34H43N7O4/c1-7-9-17-40(21-42)20-30-36-27-15-14-26(18-28(27)37-30)24-10-12-25(13-11-24)29-19-35-32(38-29)23(5)41(16-8-2)33(43)31(22(3)4)39-34(44)45-6/h7,10-15,18-19,21-23,31H,1,8-9,16-17,20H2,2-6H3,(H,35,38)(H,36,37)(H,39,44). The van der Waals surface area contributed by atoms with E-state index in [2.05, 4.69) is 50.0 Å². The van der Waals surface area contributed by atoms with Crippen molar-refractivity contribution in [1.29, 1.82) is 0 Å². The van der Waals surface area contributed by atoms with Crippen LogP contribution in [0.4, 0.5) is 4.79 Å². The summed E-state index contributed by atoms with van der Waals surface area (Å²) < 4.78 is 4.74. The number of nitrogens with zero attached hydrogens (tertiary/aromatic N) is 4. The zero-order valence-electron chi connectivity index (χ0n) is 26.7. The number of nitrogens with one attached hydrogen (secondary N) is 3. The van der Waals surface area contributed by atoms with Crippen LogP contribution in [0.5, 0.6) is 0 Å². The molecule has 3 amide bonds. The number of H-pyrrole nitrogens is 2. The van der Waals surface area contributed by atoms with E-state index in [-0.39, 0.29) is 17.9 Å². The van der Waals surface area contributed by atoms with E-state index in [0.717, 1.165) is 58.5 Å². The zero-order chi connectivity index (χ0) is 32.5. The molecule has 3 N–H and O–H groups in total. The minimum Gasteiger partial charge on any atom is -0.453 e. The lowest BCUT2D eigenvalue weighted by Crippen LogP contribution is -2.52. The maximum atomic E-state index is 13.6. The molecule has 0 aliphatic rings. The van der Waals surface area contributed by atoms with Crippen LogP contribution in [-0.2, 0) is 20.9 Å². The van der Waals surface area contributed by atoms with Crippen molar-refractivity contribution in [3.05, 3.63) is 73.0 Å². The van der Waals surface area contributed by atoms with Gasteiger partial charge in [-0.2, -0.15) is 0 Å². The molecule has 2 aromatic heterocycles. The summed E-state index contributed by atoms with van der Waals surface area (Å²) in [5.41, 5.74) is 5.63. The SMILES string of the molecule is C=CCCN(C=O)Cc1nc2ccc(-c3ccc(-c4cnc(C(C)N(CCC)C(=O)C(NC(=O)OC)C(C)C)[nH]4)cc3)cc2[nH]1. The highest BCUT2D eigenvalue weighted by Gasteiger charge is 2.32. The fourth-order valence-corrected chi connectivity index (χ4v) is 5.23. The Kier molecular flexibility index (Phi) is 11.1. The van der Waals surface area contributed by atoms with Gasteiger partial charge in [-0.3, -0.25) is 9.59 Å². The van der Waals surface area contributed by atoms with Gasteiger partial charge in [-0.1, -0.05) is 57.2 Å². The third-order valence-corrected chi connectivity index (χ3v) is 7.78. The summed E-state index contributed by atoms with van der Waals surface area (Å²) in [6.07, 6.45) is 5.25. The monoisotopic (exact) mass is 613 g/mol. The van der Waals surface area contributed by atoms with Gasteiger partial charge in [-0.15, -0.1) is 6.58 Å². The van der Waals surface area contributed by atoms with Gasteiger partial charge < -0.3 is 29.8 Å². The van der Waals surface area contributed by atoms with Crippen molar-refractivity contribution in [3.63, 3.8) is 0 Å². The van der Waals surface area contributed by atoms with E-state index < -0.39 is 12.1 Å².